The fourth-order valence-electron chi connectivity index (χ4n) is 2.06. The molecule has 0 spiro atoms. The molecule has 0 saturated heterocycles. The molecule has 0 unspecified atom stereocenters. The topological polar surface area (TPSA) is 49.7 Å². The van der Waals surface area contributed by atoms with Crippen molar-refractivity contribution in [2.75, 3.05) is 6.61 Å². The Hall–Kier alpha value is -0.700. The minimum absolute atomic E-state index is 0.00694. The molecule has 0 heterocycles. The van der Waals surface area contributed by atoms with Crippen molar-refractivity contribution < 1.29 is 5.11 Å². The highest BCUT2D eigenvalue weighted by Gasteiger charge is 2.44. The van der Waals surface area contributed by atoms with Gasteiger partial charge in [0.1, 0.15) is 5.54 Å². The minimum atomic E-state index is -0.672. The summed E-state index contributed by atoms with van der Waals surface area (Å²) in [6.45, 7) is 5.63. The largest absolute Gasteiger partial charge is 0.396 e. The van der Waals surface area contributed by atoms with Crippen molar-refractivity contribution >= 4 is 0 Å². The lowest BCUT2D eigenvalue weighted by molar-refractivity contribution is 0.190. The Morgan fingerprint density at radius 1 is 1.83 bits per heavy atom. The van der Waals surface area contributed by atoms with Crippen LogP contribution in [0, 0.1) is 10.8 Å². The maximum atomic E-state index is 10.7. The van der Waals surface area contributed by atoms with Gasteiger partial charge in [-0.25, -0.2) is 0 Å². The predicted octanol–water partition coefficient (Wildman–Crippen LogP) is 1.86. The van der Waals surface area contributed by atoms with Crippen LogP contribution in [0.4, 0.5) is 0 Å². The standard InChI is InChI=1S/C9H15NO2/c1-7(2)9(10-12)5-3-4-8(9)6-11/h8,11H,1,3-6H2,2H3/t8-,9+/m0/s1. The normalized spacial score (nSPS) is 35.0. The van der Waals surface area contributed by atoms with Crippen LogP contribution in [0.25, 0.3) is 0 Å². The Kier molecular flexibility index (Phi) is 2.62. The van der Waals surface area contributed by atoms with E-state index in [9.17, 15) is 4.91 Å². The first-order chi connectivity index (χ1) is 5.67. The number of hydrogen-bond donors (Lipinski definition) is 1. The second-order valence-electron chi connectivity index (χ2n) is 3.57. The fraction of sp³-hybridized carbons (Fsp3) is 0.778. The molecule has 0 aromatic heterocycles. The minimum Gasteiger partial charge on any atom is -0.396 e. The summed E-state index contributed by atoms with van der Waals surface area (Å²) >= 11 is 0. The van der Waals surface area contributed by atoms with E-state index in [-0.39, 0.29) is 12.5 Å². The van der Waals surface area contributed by atoms with Gasteiger partial charge in [-0.1, -0.05) is 18.2 Å². The van der Waals surface area contributed by atoms with Crippen LogP contribution in [0.3, 0.4) is 0 Å². The average molecular weight is 169 g/mol. The Labute approximate surface area is 72.5 Å². The van der Waals surface area contributed by atoms with Gasteiger partial charge in [-0.3, -0.25) is 0 Å². The zero-order chi connectivity index (χ0) is 9.19. The van der Waals surface area contributed by atoms with Crippen molar-refractivity contribution in [3.8, 4) is 0 Å². The first-order valence-electron chi connectivity index (χ1n) is 4.28. The first kappa shape index (κ1) is 9.39. The number of aliphatic hydroxyl groups excluding tert-OH is 1. The molecule has 1 fully saturated rings. The molecule has 1 N–H and O–H groups in total. The Morgan fingerprint density at radius 3 is 2.83 bits per heavy atom. The van der Waals surface area contributed by atoms with Crippen molar-refractivity contribution in [1.82, 2.24) is 0 Å². The summed E-state index contributed by atoms with van der Waals surface area (Å²) in [6.07, 6.45) is 2.59. The molecule has 1 aliphatic rings. The van der Waals surface area contributed by atoms with Crippen molar-refractivity contribution in [2.24, 2.45) is 11.1 Å². The number of nitroso groups, excluding NO2 is 1. The van der Waals surface area contributed by atoms with E-state index in [0.29, 0.717) is 0 Å². The van der Waals surface area contributed by atoms with E-state index in [1.54, 1.807) is 0 Å². The molecule has 0 aromatic carbocycles. The molecule has 1 saturated carbocycles. The molecule has 68 valence electrons. The summed E-state index contributed by atoms with van der Waals surface area (Å²) in [6, 6.07) is 0. The van der Waals surface area contributed by atoms with E-state index >= 15 is 0 Å². The first-order valence-corrected chi connectivity index (χ1v) is 4.28. The van der Waals surface area contributed by atoms with Crippen LogP contribution in [0.2, 0.25) is 0 Å². The molecule has 0 radical (unpaired) electrons. The molecule has 3 heteroatoms. The van der Waals surface area contributed by atoms with Gasteiger partial charge in [0.25, 0.3) is 0 Å². The van der Waals surface area contributed by atoms with E-state index in [1.165, 1.54) is 0 Å². The lowest BCUT2D eigenvalue weighted by atomic mass is 9.83. The second kappa shape index (κ2) is 3.35. The fourth-order valence-corrected chi connectivity index (χ4v) is 2.06. The molecule has 0 aromatic rings. The van der Waals surface area contributed by atoms with E-state index < -0.39 is 5.54 Å². The second-order valence-corrected chi connectivity index (χ2v) is 3.57. The average Bonchev–Trinajstić information content (AvgIpc) is 2.47. The van der Waals surface area contributed by atoms with Crippen LogP contribution < -0.4 is 0 Å². The van der Waals surface area contributed by atoms with Gasteiger partial charge in [-0.05, 0) is 25.3 Å². The van der Waals surface area contributed by atoms with E-state index in [1.807, 2.05) is 6.92 Å². The molecular weight excluding hydrogens is 154 g/mol. The van der Waals surface area contributed by atoms with Gasteiger partial charge < -0.3 is 5.11 Å². The van der Waals surface area contributed by atoms with Gasteiger partial charge >= 0.3 is 0 Å². The molecule has 1 aliphatic carbocycles. The zero-order valence-electron chi connectivity index (χ0n) is 7.42. The van der Waals surface area contributed by atoms with Gasteiger partial charge in [0.05, 0.1) is 0 Å². The summed E-state index contributed by atoms with van der Waals surface area (Å²) in [5, 5.41) is 12.2. The van der Waals surface area contributed by atoms with E-state index in [2.05, 4.69) is 11.8 Å². The molecule has 0 aliphatic heterocycles. The Bertz CT molecular complexity index is 203. The predicted molar refractivity (Wildman–Crippen MR) is 47.8 cm³/mol. The van der Waals surface area contributed by atoms with Gasteiger partial charge in [-0.2, -0.15) is 0 Å². The van der Waals surface area contributed by atoms with Gasteiger partial charge in [0, 0.05) is 12.5 Å². The molecular formula is C9H15NO2. The van der Waals surface area contributed by atoms with Crippen molar-refractivity contribution in [3.05, 3.63) is 17.1 Å². The third-order valence-electron chi connectivity index (χ3n) is 2.91. The molecule has 12 heavy (non-hydrogen) atoms. The number of hydrogen-bond acceptors (Lipinski definition) is 3. The highest BCUT2D eigenvalue weighted by atomic mass is 16.3. The monoisotopic (exact) mass is 169 g/mol. The smallest absolute Gasteiger partial charge is 0.128 e. The molecule has 1 rings (SSSR count). The number of nitrogens with zero attached hydrogens (tertiary/aromatic N) is 1. The lowest BCUT2D eigenvalue weighted by Gasteiger charge is -2.27. The summed E-state index contributed by atoms with van der Waals surface area (Å²) in [5.74, 6) is -0.00694. The van der Waals surface area contributed by atoms with E-state index in [0.717, 1.165) is 24.8 Å². The maximum absolute atomic E-state index is 10.7. The summed E-state index contributed by atoms with van der Waals surface area (Å²) in [7, 11) is 0. The highest BCUT2D eigenvalue weighted by Crippen LogP contribution is 2.42. The Balaban J connectivity index is 2.90. The third-order valence-corrected chi connectivity index (χ3v) is 2.91. The molecule has 0 bridgehead atoms. The zero-order valence-corrected chi connectivity index (χ0v) is 7.42. The van der Waals surface area contributed by atoms with Gasteiger partial charge in [0.15, 0.2) is 0 Å². The third kappa shape index (κ3) is 1.18. The number of aliphatic hydroxyl groups is 1. The van der Waals surface area contributed by atoms with Gasteiger partial charge in [-0.15, -0.1) is 4.91 Å². The molecule has 2 atom stereocenters. The van der Waals surface area contributed by atoms with Crippen LogP contribution in [0.15, 0.2) is 17.3 Å². The van der Waals surface area contributed by atoms with Gasteiger partial charge in [0.2, 0.25) is 0 Å². The SMILES string of the molecule is C=C(C)[C@]1(N=O)CCC[C@H]1CO. The lowest BCUT2D eigenvalue weighted by Crippen LogP contribution is -2.33. The molecule has 0 amide bonds. The van der Waals surface area contributed by atoms with Crippen molar-refractivity contribution in [3.63, 3.8) is 0 Å². The summed E-state index contributed by atoms with van der Waals surface area (Å²) < 4.78 is 0. The molecule has 3 nitrogen and oxygen atoms in total. The van der Waals surface area contributed by atoms with Crippen LogP contribution in [0.5, 0.6) is 0 Å². The summed E-state index contributed by atoms with van der Waals surface area (Å²) in [4.78, 5) is 10.7. The van der Waals surface area contributed by atoms with Crippen LogP contribution in [0.1, 0.15) is 26.2 Å². The van der Waals surface area contributed by atoms with Crippen LogP contribution in [-0.2, 0) is 0 Å². The van der Waals surface area contributed by atoms with Crippen LogP contribution in [-0.4, -0.2) is 17.3 Å². The summed E-state index contributed by atoms with van der Waals surface area (Å²) in [5.41, 5.74) is 0.114. The number of rotatable bonds is 3. The van der Waals surface area contributed by atoms with E-state index in [4.69, 9.17) is 5.11 Å². The van der Waals surface area contributed by atoms with Crippen molar-refractivity contribution in [2.45, 2.75) is 31.7 Å². The quantitative estimate of drug-likeness (QED) is 0.518. The van der Waals surface area contributed by atoms with Crippen molar-refractivity contribution in [1.29, 1.82) is 0 Å². The van der Waals surface area contributed by atoms with Crippen LogP contribution >= 0.6 is 0 Å². The maximum Gasteiger partial charge on any atom is 0.128 e. The Morgan fingerprint density at radius 2 is 2.50 bits per heavy atom. The highest BCUT2D eigenvalue weighted by molar-refractivity contribution is 5.19.